The van der Waals surface area contributed by atoms with Gasteiger partial charge in [0, 0.05) is 43.5 Å². The summed E-state index contributed by atoms with van der Waals surface area (Å²) >= 11 is 0. The van der Waals surface area contributed by atoms with Crippen molar-refractivity contribution >= 4 is 6.03 Å². The van der Waals surface area contributed by atoms with E-state index in [1.54, 1.807) is 0 Å². The fraction of sp³-hybridized carbons (Fsp3) is 0.579. The zero-order valence-electron chi connectivity index (χ0n) is 15.6. The molecule has 0 unspecified atom stereocenters. The minimum Gasteiger partial charge on any atom is -0.361 e. The molecule has 0 spiro atoms. The van der Waals surface area contributed by atoms with Crippen LogP contribution in [0.3, 0.4) is 0 Å². The maximum Gasteiger partial charge on any atom is 0.317 e. The van der Waals surface area contributed by atoms with Crippen molar-refractivity contribution in [3.05, 3.63) is 41.0 Å². The molecular formula is C19H28N4O2. The van der Waals surface area contributed by atoms with E-state index in [0.29, 0.717) is 6.54 Å². The molecule has 1 aliphatic rings. The first-order chi connectivity index (χ1) is 12.0. The second-order valence-electron chi connectivity index (χ2n) is 7.07. The Morgan fingerprint density at radius 1 is 1.44 bits per heavy atom. The predicted molar refractivity (Wildman–Crippen MR) is 96.5 cm³/mol. The van der Waals surface area contributed by atoms with E-state index in [4.69, 9.17) is 4.52 Å². The molecule has 0 saturated carbocycles. The standard InChI is InChI=1S/C19H28N4O2/c1-13(18-14(2)21-25-15(18)3)12-20-19(24)23-11-6-5-8-17(23)16-9-7-10-22(16)4/h7,9-10,13,17H,5-6,8,11-12H2,1-4H3,(H,20,24)/t13-,17-/m1/s1. The third kappa shape index (κ3) is 3.57. The molecule has 6 heteroatoms. The predicted octanol–water partition coefficient (Wildman–Crippen LogP) is 3.67. The Morgan fingerprint density at radius 2 is 2.24 bits per heavy atom. The van der Waals surface area contributed by atoms with E-state index in [1.807, 2.05) is 38.1 Å². The lowest BCUT2D eigenvalue weighted by molar-refractivity contribution is 0.148. The number of nitrogens with one attached hydrogen (secondary N) is 1. The van der Waals surface area contributed by atoms with Crippen molar-refractivity contribution in [1.82, 2.24) is 19.9 Å². The first-order valence-corrected chi connectivity index (χ1v) is 9.07. The summed E-state index contributed by atoms with van der Waals surface area (Å²) in [6.45, 7) is 7.35. The molecule has 0 aliphatic carbocycles. The molecule has 25 heavy (non-hydrogen) atoms. The zero-order valence-corrected chi connectivity index (χ0v) is 15.6. The van der Waals surface area contributed by atoms with Gasteiger partial charge in [0.25, 0.3) is 0 Å². The highest BCUT2D eigenvalue weighted by atomic mass is 16.5. The lowest BCUT2D eigenvalue weighted by atomic mass is 9.99. The van der Waals surface area contributed by atoms with Crippen LogP contribution in [0, 0.1) is 13.8 Å². The SMILES string of the molecule is Cc1noc(C)c1[C@H](C)CNC(=O)N1CCCC[C@@H]1c1cccn1C. The van der Waals surface area contributed by atoms with Crippen LogP contribution in [0.1, 0.15) is 60.9 Å². The molecule has 136 valence electrons. The Morgan fingerprint density at radius 3 is 2.88 bits per heavy atom. The summed E-state index contributed by atoms with van der Waals surface area (Å²) in [6, 6.07) is 4.33. The molecular weight excluding hydrogens is 316 g/mol. The van der Waals surface area contributed by atoms with E-state index in [-0.39, 0.29) is 18.0 Å². The molecule has 2 amide bonds. The van der Waals surface area contributed by atoms with E-state index in [1.165, 1.54) is 5.69 Å². The molecule has 1 aliphatic heterocycles. The van der Waals surface area contributed by atoms with Gasteiger partial charge in [-0.3, -0.25) is 0 Å². The van der Waals surface area contributed by atoms with Crippen molar-refractivity contribution in [2.45, 2.75) is 52.0 Å². The van der Waals surface area contributed by atoms with Crippen molar-refractivity contribution < 1.29 is 9.32 Å². The number of nitrogens with zero attached hydrogens (tertiary/aromatic N) is 3. The van der Waals surface area contributed by atoms with Gasteiger partial charge in [0.05, 0.1) is 11.7 Å². The van der Waals surface area contributed by atoms with Gasteiger partial charge in [-0.2, -0.15) is 0 Å². The maximum absolute atomic E-state index is 12.8. The molecule has 6 nitrogen and oxygen atoms in total. The Labute approximate surface area is 149 Å². The number of carbonyl (C=O) groups excluding carboxylic acids is 1. The quantitative estimate of drug-likeness (QED) is 0.920. The molecule has 2 aromatic heterocycles. The van der Waals surface area contributed by atoms with Gasteiger partial charge in [-0.15, -0.1) is 0 Å². The van der Waals surface area contributed by atoms with Crippen molar-refractivity contribution in [3.63, 3.8) is 0 Å². The number of amides is 2. The Hall–Kier alpha value is -2.24. The number of carbonyl (C=O) groups is 1. The highest BCUT2D eigenvalue weighted by Crippen LogP contribution is 2.31. The maximum atomic E-state index is 12.8. The van der Waals surface area contributed by atoms with Crippen LogP contribution in [-0.4, -0.2) is 33.7 Å². The Kier molecular flexibility index (Phi) is 5.16. The number of likely N-dealkylation sites (tertiary alicyclic amines) is 1. The fourth-order valence-electron chi connectivity index (χ4n) is 3.94. The van der Waals surface area contributed by atoms with E-state index in [2.05, 4.69) is 28.0 Å². The van der Waals surface area contributed by atoms with E-state index in [0.717, 1.165) is 42.8 Å². The van der Waals surface area contributed by atoms with E-state index < -0.39 is 0 Å². The molecule has 0 aromatic carbocycles. The van der Waals surface area contributed by atoms with Crippen LogP contribution >= 0.6 is 0 Å². The normalized spacial score (nSPS) is 19.0. The summed E-state index contributed by atoms with van der Waals surface area (Å²) in [7, 11) is 2.04. The summed E-state index contributed by atoms with van der Waals surface area (Å²) < 4.78 is 7.36. The number of piperidine rings is 1. The number of aromatic nitrogens is 2. The molecule has 1 N–H and O–H groups in total. The molecule has 0 bridgehead atoms. The topological polar surface area (TPSA) is 63.3 Å². The van der Waals surface area contributed by atoms with Crippen LogP contribution < -0.4 is 5.32 Å². The molecule has 1 saturated heterocycles. The van der Waals surface area contributed by atoms with Crippen molar-refractivity contribution in [3.8, 4) is 0 Å². The van der Waals surface area contributed by atoms with Gasteiger partial charge < -0.3 is 19.3 Å². The van der Waals surface area contributed by atoms with Gasteiger partial charge in [-0.25, -0.2) is 4.79 Å². The Balaban J connectivity index is 1.66. The molecule has 3 heterocycles. The van der Waals surface area contributed by atoms with Gasteiger partial charge >= 0.3 is 6.03 Å². The summed E-state index contributed by atoms with van der Waals surface area (Å²) in [6.07, 6.45) is 5.28. The highest BCUT2D eigenvalue weighted by Gasteiger charge is 2.29. The number of hydrogen-bond acceptors (Lipinski definition) is 3. The van der Waals surface area contributed by atoms with E-state index >= 15 is 0 Å². The van der Waals surface area contributed by atoms with Crippen LogP contribution in [0.2, 0.25) is 0 Å². The lowest BCUT2D eigenvalue weighted by Crippen LogP contribution is -2.46. The first-order valence-electron chi connectivity index (χ1n) is 9.07. The van der Waals surface area contributed by atoms with Crippen molar-refractivity contribution in [1.29, 1.82) is 0 Å². The third-order valence-corrected chi connectivity index (χ3v) is 5.23. The minimum absolute atomic E-state index is 0.0181. The van der Waals surface area contributed by atoms with Crippen LogP contribution in [0.25, 0.3) is 0 Å². The summed E-state index contributed by atoms with van der Waals surface area (Å²) in [5.41, 5.74) is 3.20. The lowest BCUT2D eigenvalue weighted by Gasteiger charge is -2.36. The number of aryl methyl sites for hydroxylation is 3. The fourth-order valence-corrected chi connectivity index (χ4v) is 3.94. The minimum atomic E-state index is 0.0181. The number of urea groups is 1. The molecule has 2 atom stereocenters. The second-order valence-corrected chi connectivity index (χ2v) is 7.07. The average Bonchev–Trinajstić information content (AvgIpc) is 3.17. The van der Waals surface area contributed by atoms with Gasteiger partial charge in [0.15, 0.2) is 0 Å². The van der Waals surface area contributed by atoms with Gasteiger partial charge in [0.1, 0.15) is 5.76 Å². The van der Waals surface area contributed by atoms with Crippen LogP contribution in [0.5, 0.6) is 0 Å². The van der Waals surface area contributed by atoms with Gasteiger partial charge in [-0.05, 0) is 45.2 Å². The molecule has 2 aromatic rings. The van der Waals surface area contributed by atoms with E-state index in [9.17, 15) is 4.79 Å². The smallest absolute Gasteiger partial charge is 0.317 e. The van der Waals surface area contributed by atoms with Crippen molar-refractivity contribution in [2.24, 2.45) is 7.05 Å². The third-order valence-electron chi connectivity index (χ3n) is 5.23. The summed E-state index contributed by atoms with van der Waals surface area (Å²) in [5.74, 6) is 1.01. The molecule has 0 radical (unpaired) electrons. The largest absolute Gasteiger partial charge is 0.361 e. The molecule has 1 fully saturated rings. The van der Waals surface area contributed by atoms with Gasteiger partial charge in [-0.1, -0.05) is 12.1 Å². The number of rotatable bonds is 4. The summed E-state index contributed by atoms with van der Waals surface area (Å²) in [5, 5.41) is 7.12. The van der Waals surface area contributed by atoms with Crippen molar-refractivity contribution in [2.75, 3.05) is 13.1 Å². The summed E-state index contributed by atoms with van der Waals surface area (Å²) in [4.78, 5) is 14.8. The zero-order chi connectivity index (χ0) is 18.0. The molecule has 3 rings (SSSR count). The van der Waals surface area contributed by atoms with Crippen LogP contribution in [0.4, 0.5) is 4.79 Å². The van der Waals surface area contributed by atoms with Crippen LogP contribution in [-0.2, 0) is 7.05 Å². The Bertz CT molecular complexity index is 714. The number of hydrogen-bond donors (Lipinski definition) is 1. The van der Waals surface area contributed by atoms with Crippen LogP contribution in [0.15, 0.2) is 22.9 Å². The monoisotopic (exact) mass is 344 g/mol. The second kappa shape index (κ2) is 7.33. The first kappa shape index (κ1) is 17.6. The highest BCUT2D eigenvalue weighted by molar-refractivity contribution is 5.75. The average molecular weight is 344 g/mol. The van der Waals surface area contributed by atoms with Gasteiger partial charge in [0.2, 0.25) is 0 Å².